The molecule has 320 valence electrons. The lowest BCUT2D eigenvalue weighted by molar-refractivity contribution is -0.115. The maximum Gasteiger partial charge on any atom is 0.260 e. The molecule has 0 saturated carbocycles. The van der Waals surface area contributed by atoms with E-state index in [1.54, 1.807) is 36.9 Å². The Morgan fingerprint density at radius 1 is 0.790 bits per heavy atom. The van der Waals surface area contributed by atoms with E-state index in [2.05, 4.69) is 36.2 Å². The molecular weight excluding hydrogens is 799 g/mol. The molecule has 3 amide bonds. The number of carbonyl (C=O) groups excluding carboxylic acids is 3. The fraction of sp³-hybridized carbons (Fsp3) is 0.340. The van der Waals surface area contributed by atoms with Crippen molar-refractivity contribution in [3.05, 3.63) is 130 Å². The molecule has 12 heteroatoms. The van der Waals surface area contributed by atoms with E-state index in [9.17, 15) is 14.4 Å². The number of benzene rings is 5. The predicted octanol–water partition coefficient (Wildman–Crippen LogP) is 8.53. The quantitative estimate of drug-likeness (QED) is 0.132. The van der Waals surface area contributed by atoms with Crippen LogP contribution >= 0.6 is 11.8 Å². The topological polar surface area (TPSA) is 104 Å². The summed E-state index contributed by atoms with van der Waals surface area (Å²) in [6, 6.07) is 29.8. The Balaban J connectivity index is 0.974. The third kappa shape index (κ3) is 7.80. The van der Waals surface area contributed by atoms with Gasteiger partial charge in [-0.05, 0) is 102 Å². The lowest BCUT2D eigenvalue weighted by Gasteiger charge is -2.25. The third-order valence-electron chi connectivity index (χ3n) is 12.3. The molecule has 0 spiro atoms. The van der Waals surface area contributed by atoms with Gasteiger partial charge < -0.3 is 39.1 Å². The smallest absolute Gasteiger partial charge is 0.260 e. The van der Waals surface area contributed by atoms with Crippen molar-refractivity contribution < 1.29 is 28.6 Å². The van der Waals surface area contributed by atoms with Crippen molar-refractivity contribution in [1.29, 1.82) is 0 Å². The maximum atomic E-state index is 14.2. The second kappa shape index (κ2) is 17.0. The average Bonchev–Trinajstić information content (AvgIpc) is 3.77. The number of methoxy groups -OCH3 is 1. The number of nitrogens with one attached hydrogen (secondary N) is 1. The Morgan fingerprint density at radius 3 is 2.10 bits per heavy atom. The lowest BCUT2D eigenvalue weighted by Crippen LogP contribution is -2.41. The molecule has 0 bridgehead atoms. The van der Waals surface area contributed by atoms with Crippen LogP contribution in [0.2, 0.25) is 0 Å². The van der Waals surface area contributed by atoms with Gasteiger partial charge >= 0.3 is 0 Å². The van der Waals surface area contributed by atoms with Crippen LogP contribution in [0.5, 0.6) is 17.2 Å². The number of amides is 3. The van der Waals surface area contributed by atoms with E-state index in [1.807, 2.05) is 96.6 Å². The van der Waals surface area contributed by atoms with E-state index in [0.717, 1.165) is 63.7 Å². The standard InChI is InChI=1S/C50H53N5O6S/c1-30(2)28-62-29-48(56)53(5)36-17-32(26-60-45-22-41-39(15-31(45)3)49(57)54-37(24-51-41)19-34-11-7-9-13-42(34)54)16-33(18-36)27-61-47-23-44-40(21-46(47)59-6)50(58)55-38(25-52(44)4)20-35-12-8-10-14-43(35)55/h7-18,21-23,30,37-38,51H,19-20,24-29H2,1-6H3/t37-,38-/m0/s1. The highest BCUT2D eigenvalue weighted by Crippen LogP contribution is 2.43. The van der Waals surface area contributed by atoms with Gasteiger partial charge in [-0.1, -0.05) is 50.2 Å². The minimum atomic E-state index is -0.0565. The molecule has 0 aliphatic carbocycles. The minimum absolute atomic E-state index is 0.00399. The first-order valence-corrected chi connectivity index (χ1v) is 22.5. The van der Waals surface area contributed by atoms with Crippen molar-refractivity contribution in [2.24, 2.45) is 5.92 Å². The molecule has 0 fully saturated rings. The molecule has 0 unspecified atom stereocenters. The van der Waals surface area contributed by atoms with Crippen molar-refractivity contribution in [2.45, 2.75) is 58.9 Å². The number of aryl methyl sites for hydroxylation is 1. The van der Waals surface area contributed by atoms with Crippen molar-refractivity contribution in [2.75, 3.05) is 70.7 Å². The lowest BCUT2D eigenvalue weighted by atomic mass is 10.1. The van der Waals surface area contributed by atoms with Crippen LogP contribution in [-0.4, -0.2) is 75.6 Å². The largest absolute Gasteiger partial charge is 0.493 e. The summed E-state index contributed by atoms with van der Waals surface area (Å²) >= 11 is 1.63. The number of nitrogens with zero attached hydrogens (tertiary/aromatic N) is 4. The monoisotopic (exact) mass is 851 g/mol. The molecule has 11 nitrogen and oxygen atoms in total. The van der Waals surface area contributed by atoms with E-state index in [4.69, 9.17) is 14.2 Å². The van der Waals surface area contributed by atoms with Crippen LogP contribution in [0.3, 0.4) is 0 Å². The average molecular weight is 852 g/mol. The van der Waals surface area contributed by atoms with E-state index < -0.39 is 0 Å². The van der Waals surface area contributed by atoms with Gasteiger partial charge in [0.25, 0.3) is 11.8 Å². The zero-order valence-corrected chi connectivity index (χ0v) is 37.0. The normalized spacial score (nSPS) is 17.2. The number of ether oxygens (including phenoxy) is 3. The molecule has 4 aliphatic rings. The Hall–Kier alpha value is -6.14. The van der Waals surface area contributed by atoms with Crippen LogP contribution in [-0.2, 0) is 30.8 Å². The summed E-state index contributed by atoms with van der Waals surface area (Å²) in [7, 11) is 5.40. The molecule has 0 saturated heterocycles. The Morgan fingerprint density at radius 2 is 1.42 bits per heavy atom. The van der Waals surface area contributed by atoms with Gasteiger partial charge in [0.1, 0.15) is 19.0 Å². The van der Waals surface area contributed by atoms with Gasteiger partial charge in [0.15, 0.2) is 11.5 Å². The van der Waals surface area contributed by atoms with E-state index >= 15 is 0 Å². The first kappa shape index (κ1) is 41.2. The summed E-state index contributed by atoms with van der Waals surface area (Å²) in [5.41, 5.74) is 10.3. The zero-order chi connectivity index (χ0) is 43.2. The van der Waals surface area contributed by atoms with Crippen molar-refractivity contribution in [3.8, 4) is 17.2 Å². The number of para-hydroxylation sites is 2. The van der Waals surface area contributed by atoms with Crippen molar-refractivity contribution >= 4 is 57.9 Å². The van der Waals surface area contributed by atoms with E-state index in [0.29, 0.717) is 53.1 Å². The van der Waals surface area contributed by atoms with Gasteiger partial charge in [0.05, 0.1) is 47.4 Å². The number of anilines is 5. The van der Waals surface area contributed by atoms with Crippen LogP contribution in [0.25, 0.3) is 0 Å². The zero-order valence-electron chi connectivity index (χ0n) is 36.2. The van der Waals surface area contributed by atoms with Gasteiger partial charge in [0, 0.05) is 56.4 Å². The van der Waals surface area contributed by atoms with Crippen LogP contribution in [0.4, 0.5) is 28.4 Å². The SMILES string of the molecule is COc1cc2c(cc1OCc1cc(COc3cc4c(cc3C)C(=O)N3c5ccccc5C[C@H]3CN4)cc(N(C)C(=O)CSCC(C)C)c1)N(C)C[C@@H]1Cc3ccccc3N1C2=O. The molecule has 0 aromatic heterocycles. The van der Waals surface area contributed by atoms with Crippen LogP contribution in [0, 0.1) is 12.8 Å². The minimum Gasteiger partial charge on any atom is -0.493 e. The molecule has 4 heterocycles. The molecule has 0 radical (unpaired) electrons. The first-order chi connectivity index (χ1) is 30.0. The fourth-order valence-electron chi connectivity index (χ4n) is 9.21. The van der Waals surface area contributed by atoms with Crippen LogP contribution < -0.4 is 39.1 Å². The number of hydrogen-bond donors (Lipinski definition) is 1. The highest BCUT2D eigenvalue weighted by atomic mass is 32.2. The molecule has 5 aromatic rings. The molecule has 62 heavy (non-hydrogen) atoms. The van der Waals surface area contributed by atoms with E-state index in [-0.39, 0.29) is 43.0 Å². The molecule has 9 rings (SSSR count). The molecule has 2 atom stereocenters. The van der Waals surface area contributed by atoms with Crippen LogP contribution in [0.15, 0.2) is 91.0 Å². The molecular formula is C50H53N5O6S. The van der Waals surface area contributed by atoms with Crippen molar-refractivity contribution in [3.63, 3.8) is 0 Å². The van der Waals surface area contributed by atoms with Gasteiger partial charge in [-0.2, -0.15) is 11.8 Å². The summed E-state index contributed by atoms with van der Waals surface area (Å²) in [5, 5.41) is 3.54. The third-order valence-corrected chi connectivity index (χ3v) is 13.7. The Labute approximate surface area is 367 Å². The molecule has 4 aliphatic heterocycles. The van der Waals surface area contributed by atoms with Crippen LogP contribution in [0.1, 0.15) is 62.4 Å². The summed E-state index contributed by atoms with van der Waals surface area (Å²) < 4.78 is 18.9. The second-order valence-electron chi connectivity index (χ2n) is 17.2. The highest BCUT2D eigenvalue weighted by molar-refractivity contribution is 7.99. The van der Waals surface area contributed by atoms with Gasteiger partial charge in [-0.15, -0.1) is 0 Å². The summed E-state index contributed by atoms with van der Waals surface area (Å²) in [6.07, 6.45) is 1.61. The number of likely N-dealkylation sites (N-methyl/N-ethyl adjacent to an activating group) is 1. The van der Waals surface area contributed by atoms with E-state index in [1.165, 1.54) is 11.1 Å². The molecule has 5 aromatic carbocycles. The fourth-order valence-corrected chi connectivity index (χ4v) is 10.2. The van der Waals surface area contributed by atoms with Gasteiger partial charge in [-0.3, -0.25) is 14.4 Å². The number of fused-ring (bicyclic) bond motifs is 8. The van der Waals surface area contributed by atoms with Gasteiger partial charge in [0.2, 0.25) is 5.91 Å². The maximum absolute atomic E-state index is 14.2. The van der Waals surface area contributed by atoms with Gasteiger partial charge in [-0.25, -0.2) is 0 Å². The predicted molar refractivity (Wildman–Crippen MR) is 248 cm³/mol. The Kier molecular flexibility index (Phi) is 11.3. The number of rotatable bonds is 12. The highest BCUT2D eigenvalue weighted by Gasteiger charge is 2.40. The summed E-state index contributed by atoms with van der Waals surface area (Å²) in [6.45, 7) is 7.95. The van der Waals surface area contributed by atoms with Crippen molar-refractivity contribution in [1.82, 2.24) is 0 Å². The summed E-state index contributed by atoms with van der Waals surface area (Å²) in [5.74, 6) is 3.32. The number of thioether (sulfide) groups is 1. The molecule has 1 N–H and O–H groups in total. The summed E-state index contributed by atoms with van der Waals surface area (Å²) in [4.78, 5) is 49.3. The Bertz CT molecular complexity index is 2580. The second-order valence-corrected chi connectivity index (χ2v) is 18.2. The first-order valence-electron chi connectivity index (χ1n) is 21.3. The number of carbonyl (C=O) groups is 3. The number of hydrogen-bond acceptors (Lipinski definition) is 9.